The molecule has 2 aromatic rings. The number of fused-ring (bicyclic) bond motifs is 1. The van der Waals surface area contributed by atoms with Gasteiger partial charge in [-0.05, 0) is 50.1 Å². The lowest BCUT2D eigenvalue weighted by molar-refractivity contribution is -0.140. The van der Waals surface area contributed by atoms with Gasteiger partial charge >= 0.3 is 11.9 Å². The van der Waals surface area contributed by atoms with E-state index in [0.29, 0.717) is 41.5 Å². The molecule has 0 aliphatic carbocycles. The van der Waals surface area contributed by atoms with E-state index in [1.54, 1.807) is 38.1 Å². The quantitative estimate of drug-likeness (QED) is 0.441. The van der Waals surface area contributed by atoms with Gasteiger partial charge in [-0.15, -0.1) is 0 Å². The van der Waals surface area contributed by atoms with Crippen LogP contribution in [0.2, 0.25) is 0 Å². The zero-order chi connectivity index (χ0) is 21.8. The van der Waals surface area contributed by atoms with Crippen LogP contribution in [0.1, 0.15) is 44.6 Å². The molecule has 1 N–H and O–H groups in total. The molecule has 1 aromatic carbocycles. The molecule has 2 heterocycles. The number of hydrogen-bond acceptors (Lipinski definition) is 7. The van der Waals surface area contributed by atoms with Gasteiger partial charge in [0.15, 0.2) is 17.6 Å². The number of hydrogen-bond donors (Lipinski definition) is 1. The Morgan fingerprint density at radius 2 is 1.83 bits per heavy atom. The van der Waals surface area contributed by atoms with Gasteiger partial charge in [-0.1, -0.05) is 6.07 Å². The highest BCUT2D eigenvalue weighted by Gasteiger charge is 2.27. The molecule has 0 amide bonds. The highest BCUT2D eigenvalue weighted by Crippen LogP contribution is 2.31. The maximum atomic E-state index is 12.7. The van der Waals surface area contributed by atoms with Crippen LogP contribution < -0.4 is 9.47 Å². The highest BCUT2D eigenvalue weighted by atomic mass is 16.6. The molecule has 8 nitrogen and oxygen atoms in total. The predicted octanol–water partition coefficient (Wildman–Crippen LogP) is 3.02. The first-order valence-electron chi connectivity index (χ1n) is 9.41. The Hall–Kier alpha value is -3.55. The molecule has 3 rings (SSSR count). The zero-order valence-corrected chi connectivity index (χ0v) is 17.2. The van der Waals surface area contributed by atoms with Crippen LogP contribution in [0.3, 0.4) is 0 Å². The number of Topliss-reactive ketones (excluding diaryl/α,β-unsaturated/α-hetero) is 1. The normalized spacial score (nSPS) is 13.7. The van der Waals surface area contributed by atoms with Crippen LogP contribution in [0, 0.1) is 13.8 Å². The third-order valence-electron chi connectivity index (χ3n) is 4.71. The molecule has 1 aliphatic heterocycles. The van der Waals surface area contributed by atoms with E-state index in [-0.39, 0.29) is 5.69 Å². The second-order valence-electron chi connectivity index (χ2n) is 6.80. The van der Waals surface area contributed by atoms with Gasteiger partial charge in [-0.25, -0.2) is 9.59 Å². The van der Waals surface area contributed by atoms with Crippen molar-refractivity contribution in [3.05, 3.63) is 52.4 Å². The maximum Gasteiger partial charge on any atom is 0.339 e. The second-order valence-corrected chi connectivity index (χ2v) is 6.80. The first-order chi connectivity index (χ1) is 14.3. The number of nitrogens with one attached hydrogen (secondary N) is 1. The molecule has 0 saturated heterocycles. The molecule has 8 heteroatoms. The standard InChI is InChI=1S/C22H23NO7/c1-12-19(22(26)27-4)13(2)23-20(12)21(25)14(3)30-18(24)8-6-15-5-7-16-17(11-15)29-10-9-28-16/h5-8,11,14,23H,9-10H2,1-4H3/b8-6+/t14-/m0/s1. The molecule has 30 heavy (non-hydrogen) atoms. The van der Waals surface area contributed by atoms with E-state index in [4.69, 9.17) is 18.9 Å². The van der Waals surface area contributed by atoms with Crippen LogP contribution >= 0.6 is 0 Å². The number of ketones is 1. The monoisotopic (exact) mass is 413 g/mol. The van der Waals surface area contributed by atoms with E-state index in [0.717, 1.165) is 5.56 Å². The summed E-state index contributed by atoms with van der Waals surface area (Å²) in [6, 6.07) is 5.30. The van der Waals surface area contributed by atoms with Crippen LogP contribution in [0.25, 0.3) is 6.08 Å². The summed E-state index contributed by atoms with van der Waals surface area (Å²) in [5.74, 6) is -0.374. The summed E-state index contributed by atoms with van der Waals surface area (Å²) >= 11 is 0. The lowest BCUT2D eigenvalue weighted by Gasteiger charge is -2.18. The average molecular weight is 413 g/mol. The van der Waals surface area contributed by atoms with Gasteiger partial charge in [0.25, 0.3) is 0 Å². The Labute approximate surface area is 173 Å². The molecule has 0 radical (unpaired) electrons. The van der Waals surface area contributed by atoms with Crippen LogP contribution in [0.5, 0.6) is 11.5 Å². The Balaban J connectivity index is 1.66. The smallest absolute Gasteiger partial charge is 0.339 e. The van der Waals surface area contributed by atoms with E-state index in [9.17, 15) is 14.4 Å². The molecule has 0 fully saturated rings. The van der Waals surface area contributed by atoms with Crippen LogP contribution in [-0.2, 0) is 14.3 Å². The topological polar surface area (TPSA) is 104 Å². The van der Waals surface area contributed by atoms with Gasteiger partial charge in [-0.3, -0.25) is 4.79 Å². The number of methoxy groups -OCH3 is 1. The molecule has 158 valence electrons. The molecule has 1 aliphatic rings. The van der Waals surface area contributed by atoms with Crippen LogP contribution in [-0.4, -0.2) is 49.1 Å². The number of benzene rings is 1. The van der Waals surface area contributed by atoms with Gasteiger partial charge in [0, 0.05) is 11.8 Å². The fourth-order valence-electron chi connectivity index (χ4n) is 3.20. The number of H-pyrrole nitrogens is 1. The lowest BCUT2D eigenvalue weighted by atomic mass is 10.1. The third-order valence-corrected chi connectivity index (χ3v) is 4.71. The number of aromatic nitrogens is 1. The molecule has 1 atom stereocenters. The zero-order valence-electron chi connectivity index (χ0n) is 17.2. The van der Waals surface area contributed by atoms with Crippen molar-refractivity contribution in [1.29, 1.82) is 0 Å². The van der Waals surface area contributed by atoms with Gasteiger partial charge < -0.3 is 23.9 Å². The Kier molecular flexibility index (Phi) is 6.25. The van der Waals surface area contributed by atoms with Crippen molar-refractivity contribution in [2.24, 2.45) is 0 Å². The van der Waals surface area contributed by atoms with Crippen molar-refractivity contribution in [2.75, 3.05) is 20.3 Å². The fraction of sp³-hybridized carbons (Fsp3) is 0.318. The van der Waals surface area contributed by atoms with Crippen molar-refractivity contribution in [1.82, 2.24) is 4.98 Å². The Bertz CT molecular complexity index is 1020. The number of rotatable bonds is 6. The minimum atomic E-state index is -1.04. The summed E-state index contributed by atoms with van der Waals surface area (Å²) in [6.45, 7) is 5.76. The predicted molar refractivity (Wildman–Crippen MR) is 108 cm³/mol. The molecule has 0 saturated carbocycles. The summed E-state index contributed by atoms with van der Waals surface area (Å²) in [5.41, 5.74) is 2.22. The van der Waals surface area contributed by atoms with E-state index in [2.05, 4.69) is 4.98 Å². The summed E-state index contributed by atoms with van der Waals surface area (Å²) in [6.07, 6.45) is 1.77. The van der Waals surface area contributed by atoms with Gasteiger partial charge in [0.1, 0.15) is 13.2 Å². The van der Waals surface area contributed by atoms with Crippen molar-refractivity contribution in [2.45, 2.75) is 26.9 Å². The first-order valence-corrected chi connectivity index (χ1v) is 9.41. The number of aryl methyl sites for hydroxylation is 1. The van der Waals surface area contributed by atoms with Crippen molar-refractivity contribution in [3.63, 3.8) is 0 Å². The summed E-state index contributed by atoms with van der Waals surface area (Å²) in [5, 5.41) is 0. The van der Waals surface area contributed by atoms with Crippen molar-refractivity contribution < 1.29 is 33.3 Å². The summed E-state index contributed by atoms with van der Waals surface area (Å²) < 4.78 is 20.9. The Morgan fingerprint density at radius 3 is 2.53 bits per heavy atom. The number of carbonyl (C=O) groups excluding carboxylic acids is 3. The van der Waals surface area contributed by atoms with Gasteiger partial charge in [0.2, 0.25) is 5.78 Å². The van der Waals surface area contributed by atoms with Gasteiger partial charge in [0.05, 0.1) is 18.4 Å². The SMILES string of the molecule is COC(=O)c1c(C)[nH]c(C(=O)[C@H](C)OC(=O)/C=C/c2ccc3c(c2)OCCO3)c1C. The minimum Gasteiger partial charge on any atom is -0.486 e. The fourth-order valence-corrected chi connectivity index (χ4v) is 3.20. The van der Waals surface area contributed by atoms with Gasteiger partial charge in [-0.2, -0.15) is 0 Å². The number of esters is 2. The van der Waals surface area contributed by atoms with Crippen molar-refractivity contribution in [3.8, 4) is 11.5 Å². The molecular formula is C22H23NO7. The Morgan fingerprint density at radius 1 is 1.13 bits per heavy atom. The number of ether oxygens (including phenoxy) is 4. The van der Waals surface area contributed by atoms with Crippen LogP contribution in [0.15, 0.2) is 24.3 Å². The van der Waals surface area contributed by atoms with Crippen LogP contribution in [0.4, 0.5) is 0 Å². The first kappa shape index (κ1) is 21.2. The van der Waals surface area contributed by atoms with E-state index >= 15 is 0 Å². The number of carbonyl (C=O) groups is 3. The maximum absolute atomic E-state index is 12.7. The molecule has 1 aromatic heterocycles. The lowest BCUT2D eigenvalue weighted by Crippen LogP contribution is -2.24. The minimum absolute atomic E-state index is 0.212. The third kappa shape index (κ3) is 4.37. The molecular weight excluding hydrogens is 390 g/mol. The summed E-state index contributed by atoms with van der Waals surface area (Å²) in [7, 11) is 1.27. The molecule has 0 bridgehead atoms. The van der Waals surface area contributed by atoms with E-state index in [1.807, 2.05) is 0 Å². The average Bonchev–Trinajstić information content (AvgIpc) is 3.04. The molecule has 0 unspecified atom stereocenters. The number of aromatic amines is 1. The van der Waals surface area contributed by atoms with Crippen molar-refractivity contribution >= 4 is 23.8 Å². The summed E-state index contributed by atoms with van der Waals surface area (Å²) in [4.78, 5) is 39.6. The van der Waals surface area contributed by atoms with E-state index < -0.39 is 23.8 Å². The second kappa shape index (κ2) is 8.86. The van der Waals surface area contributed by atoms with E-state index in [1.165, 1.54) is 20.1 Å². The molecule has 0 spiro atoms. The highest BCUT2D eigenvalue weighted by molar-refractivity contribution is 6.04. The largest absolute Gasteiger partial charge is 0.486 e.